The van der Waals surface area contributed by atoms with E-state index in [0.717, 1.165) is 49.7 Å². The van der Waals surface area contributed by atoms with Crippen LogP contribution in [0.1, 0.15) is 27.8 Å². The predicted octanol–water partition coefficient (Wildman–Crippen LogP) is 10.9. The number of nitrogens with zero attached hydrogens (tertiary/aromatic N) is 2. The van der Waals surface area contributed by atoms with Crippen LogP contribution in [0.2, 0.25) is 0 Å². The Kier molecular flexibility index (Phi) is 4.59. The highest BCUT2D eigenvalue weighted by Crippen LogP contribution is 2.61. The second kappa shape index (κ2) is 8.66. The maximum absolute atomic E-state index is 9.87. The quantitative estimate of drug-likeness (QED) is 0.189. The summed E-state index contributed by atoms with van der Waals surface area (Å²) in [5, 5.41) is 15.4. The van der Waals surface area contributed by atoms with Crippen molar-refractivity contribution in [1.29, 1.82) is 5.26 Å². The Morgan fingerprint density at radius 2 is 1.21 bits per heavy atom. The molecule has 11 rings (SSSR count). The number of hydrogen-bond donors (Lipinski definition) is 0. The summed E-state index contributed by atoms with van der Waals surface area (Å²) in [5.41, 5.74) is 14.1. The molecule has 0 fully saturated rings. The molecule has 3 heteroatoms. The summed E-state index contributed by atoms with van der Waals surface area (Å²) < 4.78 is 9.03. The van der Waals surface area contributed by atoms with Crippen LogP contribution < -0.4 is 0 Å². The minimum Gasteiger partial charge on any atom is -0.439 e. The van der Waals surface area contributed by atoms with E-state index in [1.807, 2.05) is 24.3 Å². The van der Waals surface area contributed by atoms with Gasteiger partial charge in [0, 0.05) is 16.2 Å². The van der Waals surface area contributed by atoms with Crippen LogP contribution in [0.4, 0.5) is 0 Å². The topological polar surface area (TPSA) is 41.9 Å². The molecule has 1 atom stereocenters. The Hall–Kier alpha value is -6.37. The maximum Gasteiger partial charge on any atom is 0.213 e. The van der Waals surface area contributed by atoms with Crippen LogP contribution in [0, 0.1) is 11.3 Å². The van der Waals surface area contributed by atoms with Gasteiger partial charge in [-0.2, -0.15) is 5.26 Å². The molecule has 1 aliphatic carbocycles. The van der Waals surface area contributed by atoms with Crippen LogP contribution in [-0.2, 0) is 5.41 Å². The van der Waals surface area contributed by atoms with E-state index in [-0.39, 0.29) is 0 Å². The molecule has 7 aromatic carbocycles. The van der Waals surface area contributed by atoms with E-state index in [4.69, 9.17) is 4.42 Å². The number of furan rings is 1. The van der Waals surface area contributed by atoms with Crippen molar-refractivity contribution in [2.75, 3.05) is 0 Å². The molecule has 2 aromatic heterocycles. The molecule has 47 heavy (non-hydrogen) atoms. The highest BCUT2D eigenvalue weighted by Gasteiger charge is 2.51. The fraction of sp³-hybridized carbons (Fsp3) is 0.0227. The molecule has 2 aliphatic rings. The van der Waals surface area contributed by atoms with Crippen molar-refractivity contribution in [2.24, 2.45) is 0 Å². The van der Waals surface area contributed by atoms with E-state index in [9.17, 15) is 5.26 Å². The van der Waals surface area contributed by atoms with Gasteiger partial charge in [-0.1, -0.05) is 121 Å². The van der Waals surface area contributed by atoms with Gasteiger partial charge in [-0.15, -0.1) is 0 Å². The molecule has 3 nitrogen and oxygen atoms in total. The van der Waals surface area contributed by atoms with Crippen molar-refractivity contribution in [3.05, 3.63) is 173 Å². The molecular weight excluding hydrogens is 572 g/mol. The van der Waals surface area contributed by atoms with Crippen molar-refractivity contribution in [2.45, 2.75) is 5.41 Å². The molecule has 0 N–H and O–H groups in total. The Morgan fingerprint density at radius 3 is 2.11 bits per heavy atom. The standard InChI is InChI=1S/C44H24N2O/c45-25-27-21-22-29(30-11-2-1-10-28(27)30)26-20-23-32-31-12-3-5-15-35(31)44(38(32)24-26)36-16-6-7-18-39(36)46-42-34(14-9-17-37(42)44)41-33-13-4-8-19-40(33)47-43(41)46/h1-24H. The van der Waals surface area contributed by atoms with Crippen LogP contribution >= 0.6 is 0 Å². The average Bonchev–Trinajstić information content (AvgIpc) is 3.76. The van der Waals surface area contributed by atoms with Gasteiger partial charge in [0.05, 0.1) is 33.6 Å². The van der Waals surface area contributed by atoms with Crippen molar-refractivity contribution in [1.82, 2.24) is 4.57 Å². The fourth-order valence-corrected chi connectivity index (χ4v) is 8.88. The van der Waals surface area contributed by atoms with Gasteiger partial charge in [-0.05, 0) is 74.2 Å². The third-order valence-corrected chi connectivity index (χ3v) is 10.7. The van der Waals surface area contributed by atoms with Gasteiger partial charge < -0.3 is 4.42 Å². The maximum atomic E-state index is 9.87. The van der Waals surface area contributed by atoms with Crippen molar-refractivity contribution < 1.29 is 4.42 Å². The predicted molar refractivity (Wildman–Crippen MR) is 189 cm³/mol. The Bertz CT molecular complexity index is 2880. The van der Waals surface area contributed by atoms with Crippen LogP contribution in [0.5, 0.6) is 0 Å². The lowest BCUT2D eigenvalue weighted by molar-refractivity contribution is 0.639. The first-order chi connectivity index (χ1) is 23.3. The number of para-hydroxylation sites is 3. The largest absolute Gasteiger partial charge is 0.439 e. The third-order valence-electron chi connectivity index (χ3n) is 10.7. The zero-order valence-electron chi connectivity index (χ0n) is 25.2. The molecule has 0 amide bonds. The molecule has 3 heterocycles. The van der Waals surface area contributed by atoms with Gasteiger partial charge in [-0.25, -0.2) is 0 Å². The summed E-state index contributed by atoms with van der Waals surface area (Å²) in [5.74, 6) is 0. The van der Waals surface area contributed by atoms with Crippen LogP contribution in [-0.4, -0.2) is 4.57 Å². The summed E-state index contributed by atoms with van der Waals surface area (Å²) in [7, 11) is 0. The van der Waals surface area contributed by atoms with Gasteiger partial charge in [0.2, 0.25) is 5.71 Å². The molecule has 1 aliphatic heterocycles. The van der Waals surface area contributed by atoms with E-state index in [1.54, 1.807) is 0 Å². The number of hydrogen-bond acceptors (Lipinski definition) is 2. The van der Waals surface area contributed by atoms with Crippen molar-refractivity contribution in [3.63, 3.8) is 0 Å². The number of benzene rings is 7. The van der Waals surface area contributed by atoms with Gasteiger partial charge in [0.1, 0.15) is 5.58 Å². The first-order valence-corrected chi connectivity index (χ1v) is 16.0. The molecule has 0 bridgehead atoms. The van der Waals surface area contributed by atoms with Crippen LogP contribution in [0.15, 0.2) is 150 Å². The van der Waals surface area contributed by atoms with E-state index in [0.29, 0.717) is 5.56 Å². The Morgan fingerprint density at radius 1 is 0.532 bits per heavy atom. The first kappa shape index (κ1) is 24.9. The minimum absolute atomic E-state index is 0.540. The zero-order valence-corrected chi connectivity index (χ0v) is 25.2. The second-order valence-electron chi connectivity index (χ2n) is 12.7. The van der Waals surface area contributed by atoms with Crippen LogP contribution in [0.3, 0.4) is 0 Å². The highest BCUT2D eigenvalue weighted by molar-refractivity contribution is 6.21. The molecular formula is C44H24N2O. The number of fused-ring (bicyclic) bond motifs is 15. The minimum atomic E-state index is -0.540. The molecule has 0 saturated heterocycles. The number of aromatic nitrogens is 1. The number of nitriles is 1. The fourth-order valence-electron chi connectivity index (χ4n) is 8.88. The zero-order chi connectivity index (χ0) is 30.9. The second-order valence-corrected chi connectivity index (χ2v) is 12.7. The average molecular weight is 597 g/mol. The number of rotatable bonds is 1. The van der Waals surface area contributed by atoms with E-state index in [1.165, 1.54) is 44.3 Å². The molecule has 1 unspecified atom stereocenters. The van der Waals surface area contributed by atoms with E-state index < -0.39 is 5.41 Å². The summed E-state index contributed by atoms with van der Waals surface area (Å²) in [4.78, 5) is 0. The van der Waals surface area contributed by atoms with E-state index in [2.05, 4.69) is 132 Å². The van der Waals surface area contributed by atoms with Crippen molar-refractivity contribution in [3.8, 4) is 34.0 Å². The Labute approximate surface area is 270 Å². The van der Waals surface area contributed by atoms with Gasteiger partial charge in [0.15, 0.2) is 0 Å². The lowest BCUT2D eigenvalue weighted by Crippen LogP contribution is -2.33. The molecule has 1 spiro atoms. The Balaban J connectivity index is 1.31. The first-order valence-electron chi connectivity index (χ1n) is 16.0. The van der Waals surface area contributed by atoms with Crippen LogP contribution in [0.25, 0.3) is 71.7 Å². The van der Waals surface area contributed by atoms with E-state index >= 15 is 0 Å². The van der Waals surface area contributed by atoms with Gasteiger partial charge in [0.25, 0.3) is 0 Å². The van der Waals surface area contributed by atoms with Gasteiger partial charge in [-0.3, -0.25) is 4.57 Å². The third kappa shape index (κ3) is 2.88. The van der Waals surface area contributed by atoms with Crippen molar-refractivity contribution >= 4 is 43.7 Å². The smallest absolute Gasteiger partial charge is 0.213 e. The summed E-state index contributed by atoms with van der Waals surface area (Å²) >= 11 is 0. The molecule has 216 valence electrons. The normalized spacial score (nSPS) is 15.7. The molecule has 0 radical (unpaired) electrons. The molecule has 9 aromatic rings. The summed E-state index contributed by atoms with van der Waals surface area (Å²) in [6.45, 7) is 0. The monoisotopic (exact) mass is 596 g/mol. The highest BCUT2D eigenvalue weighted by atomic mass is 16.3. The molecule has 0 saturated carbocycles. The van der Waals surface area contributed by atoms with Gasteiger partial charge >= 0.3 is 0 Å². The lowest BCUT2D eigenvalue weighted by Gasteiger charge is -2.39. The summed E-state index contributed by atoms with van der Waals surface area (Å²) in [6.07, 6.45) is 0. The lowest BCUT2D eigenvalue weighted by atomic mass is 9.65. The summed E-state index contributed by atoms with van der Waals surface area (Å²) in [6, 6.07) is 54.6. The SMILES string of the molecule is N#Cc1ccc(-c2ccc3c(c2)C2(c4ccccc4-3)c3ccccc3-n3c4oc5ccccc5c4c4cccc2c43)c2ccccc12.